The summed E-state index contributed by atoms with van der Waals surface area (Å²) in [6, 6.07) is -0.470. The standard InChI is InChI=1S/C11H22N2O4S/c1-11(2,3)13-9(15)4-8(10(16)17)18-6-7(12)5-14/h7-8,14H,4-6,12H2,1-3H3,(H,13,15)(H,16,17). The van der Waals surface area contributed by atoms with Gasteiger partial charge in [0.1, 0.15) is 5.25 Å². The smallest absolute Gasteiger partial charge is 0.317 e. The fourth-order valence-corrected chi connectivity index (χ4v) is 2.14. The molecule has 0 fully saturated rings. The van der Waals surface area contributed by atoms with Crippen molar-refractivity contribution in [3.05, 3.63) is 0 Å². The van der Waals surface area contributed by atoms with Crippen LogP contribution in [0.1, 0.15) is 27.2 Å². The topological polar surface area (TPSA) is 113 Å². The number of thioether (sulfide) groups is 1. The van der Waals surface area contributed by atoms with E-state index in [0.717, 1.165) is 11.8 Å². The Bertz CT molecular complexity index is 291. The van der Waals surface area contributed by atoms with Gasteiger partial charge in [-0.15, -0.1) is 11.8 Å². The highest BCUT2D eigenvalue weighted by atomic mass is 32.2. The number of rotatable bonds is 7. The molecule has 0 aromatic carbocycles. The van der Waals surface area contributed by atoms with E-state index in [1.807, 2.05) is 20.8 Å². The first kappa shape index (κ1) is 17.2. The summed E-state index contributed by atoms with van der Waals surface area (Å²) in [5, 5.41) is 19.6. The van der Waals surface area contributed by atoms with Crippen LogP contribution in [0, 0.1) is 0 Å². The van der Waals surface area contributed by atoms with E-state index in [1.54, 1.807) is 0 Å². The number of aliphatic hydroxyl groups is 1. The highest BCUT2D eigenvalue weighted by Gasteiger charge is 2.24. The van der Waals surface area contributed by atoms with Crippen molar-refractivity contribution >= 4 is 23.6 Å². The van der Waals surface area contributed by atoms with Crippen molar-refractivity contribution in [3.8, 4) is 0 Å². The Hall–Kier alpha value is -0.790. The van der Waals surface area contributed by atoms with Crippen molar-refractivity contribution in [1.82, 2.24) is 5.32 Å². The molecule has 2 atom stereocenters. The number of carboxylic acids is 1. The predicted molar refractivity (Wildman–Crippen MR) is 71.5 cm³/mol. The number of amides is 1. The van der Waals surface area contributed by atoms with Crippen LogP contribution >= 0.6 is 11.8 Å². The zero-order valence-corrected chi connectivity index (χ0v) is 11.8. The summed E-state index contributed by atoms with van der Waals surface area (Å²) >= 11 is 1.07. The van der Waals surface area contributed by atoms with E-state index >= 15 is 0 Å². The number of carbonyl (C=O) groups excluding carboxylic acids is 1. The molecule has 0 rings (SSSR count). The maximum atomic E-state index is 11.6. The van der Waals surface area contributed by atoms with Crippen molar-refractivity contribution < 1.29 is 19.8 Å². The van der Waals surface area contributed by atoms with Gasteiger partial charge in [0.25, 0.3) is 0 Å². The second kappa shape index (κ2) is 7.60. The quantitative estimate of drug-likeness (QED) is 0.513. The lowest BCUT2D eigenvalue weighted by Gasteiger charge is -2.22. The Morgan fingerprint density at radius 1 is 1.39 bits per heavy atom. The van der Waals surface area contributed by atoms with Crippen molar-refractivity contribution in [1.29, 1.82) is 0 Å². The molecule has 0 saturated heterocycles. The second-order valence-corrected chi connectivity index (χ2v) is 6.34. The molecule has 0 heterocycles. The van der Waals surface area contributed by atoms with Gasteiger partial charge >= 0.3 is 5.97 Å². The normalized spacial score (nSPS) is 14.9. The highest BCUT2D eigenvalue weighted by molar-refractivity contribution is 8.00. The molecule has 6 nitrogen and oxygen atoms in total. The van der Waals surface area contributed by atoms with E-state index in [9.17, 15) is 9.59 Å². The first-order valence-electron chi connectivity index (χ1n) is 5.67. The van der Waals surface area contributed by atoms with Crippen LogP contribution in [0.5, 0.6) is 0 Å². The molecule has 0 saturated carbocycles. The molecule has 0 aliphatic heterocycles. The summed E-state index contributed by atoms with van der Waals surface area (Å²) in [5.41, 5.74) is 5.11. The molecule has 0 aliphatic rings. The predicted octanol–water partition coefficient (Wildman–Crippen LogP) is -0.203. The van der Waals surface area contributed by atoms with Crippen molar-refractivity contribution in [2.45, 2.75) is 44.0 Å². The number of carbonyl (C=O) groups is 2. The Morgan fingerprint density at radius 2 is 1.94 bits per heavy atom. The van der Waals surface area contributed by atoms with Gasteiger partial charge in [-0.3, -0.25) is 9.59 Å². The van der Waals surface area contributed by atoms with Gasteiger partial charge < -0.3 is 21.3 Å². The SMILES string of the molecule is CC(C)(C)NC(=O)CC(SCC(N)CO)C(=O)O. The lowest BCUT2D eigenvalue weighted by molar-refractivity contribution is -0.138. The first-order valence-corrected chi connectivity index (χ1v) is 6.72. The maximum Gasteiger partial charge on any atom is 0.317 e. The third-order valence-electron chi connectivity index (χ3n) is 1.91. The lowest BCUT2D eigenvalue weighted by atomic mass is 10.1. The van der Waals surface area contributed by atoms with Crippen LogP contribution in [0.25, 0.3) is 0 Å². The maximum absolute atomic E-state index is 11.6. The van der Waals surface area contributed by atoms with Gasteiger partial charge in [0.15, 0.2) is 0 Å². The molecule has 0 aliphatic carbocycles. The average molecular weight is 278 g/mol. The molecule has 1 amide bonds. The minimum atomic E-state index is -1.05. The monoisotopic (exact) mass is 278 g/mol. The molecule has 2 unspecified atom stereocenters. The number of aliphatic hydroxyl groups excluding tert-OH is 1. The number of nitrogens with one attached hydrogen (secondary N) is 1. The van der Waals surface area contributed by atoms with Crippen LogP contribution in [-0.4, -0.2) is 51.3 Å². The van der Waals surface area contributed by atoms with Gasteiger partial charge in [0, 0.05) is 23.8 Å². The number of aliphatic carboxylic acids is 1. The van der Waals surface area contributed by atoms with Gasteiger partial charge in [-0.05, 0) is 20.8 Å². The van der Waals surface area contributed by atoms with Crippen LogP contribution in [0.15, 0.2) is 0 Å². The number of hydrogen-bond donors (Lipinski definition) is 4. The second-order valence-electron chi connectivity index (χ2n) is 5.11. The number of nitrogens with two attached hydrogens (primary N) is 1. The molecule has 0 bridgehead atoms. The zero-order chi connectivity index (χ0) is 14.3. The summed E-state index contributed by atoms with van der Waals surface area (Å²) < 4.78 is 0. The van der Waals surface area contributed by atoms with E-state index in [-0.39, 0.29) is 24.5 Å². The molecule has 5 N–H and O–H groups in total. The van der Waals surface area contributed by atoms with Gasteiger partial charge in [0.2, 0.25) is 5.91 Å². The molecule has 0 aromatic rings. The van der Waals surface area contributed by atoms with Crippen LogP contribution in [0.4, 0.5) is 0 Å². The van der Waals surface area contributed by atoms with Crippen molar-refractivity contribution in [2.24, 2.45) is 5.73 Å². The van der Waals surface area contributed by atoms with Crippen molar-refractivity contribution in [3.63, 3.8) is 0 Å². The van der Waals surface area contributed by atoms with Crippen molar-refractivity contribution in [2.75, 3.05) is 12.4 Å². The Morgan fingerprint density at radius 3 is 2.33 bits per heavy atom. The van der Waals surface area contributed by atoms with Crippen LogP contribution in [0.2, 0.25) is 0 Å². The average Bonchev–Trinajstić information content (AvgIpc) is 2.20. The molecule has 0 radical (unpaired) electrons. The zero-order valence-electron chi connectivity index (χ0n) is 11.0. The van der Waals surface area contributed by atoms with Gasteiger partial charge in [-0.1, -0.05) is 0 Å². The molecular formula is C11H22N2O4S. The van der Waals surface area contributed by atoms with E-state index in [0.29, 0.717) is 5.75 Å². The Labute approximate surface area is 111 Å². The van der Waals surface area contributed by atoms with Crippen LogP contribution < -0.4 is 11.1 Å². The third-order valence-corrected chi connectivity index (χ3v) is 3.30. The number of hydrogen-bond acceptors (Lipinski definition) is 5. The summed E-state index contributed by atoms with van der Waals surface area (Å²) in [5.74, 6) is -1.05. The fourth-order valence-electron chi connectivity index (χ4n) is 1.15. The first-order chi connectivity index (χ1) is 8.15. The van der Waals surface area contributed by atoms with E-state index in [4.69, 9.17) is 15.9 Å². The largest absolute Gasteiger partial charge is 0.480 e. The minimum absolute atomic E-state index is 0.102. The minimum Gasteiger partial charge on any atom is -0.480 e. The Balaban J connectivity index is 4.28. The molecule has 0 aromatic heterocycles. The van der Waals surface area contributed by atoms with Crippen LogP contribution in [-0.2, 0) is 9.59 Å². The third kappa shape index (κ3) is 8.32. The fraction of sp³-hybridized carbons (Fsp3) is 0.818. The summed E-state index contributed by atoms with van der Waals surface area (Å²) in [7, 11) is 0. The van der Waals surface area contributed by atoms with E-state index in [2.05, 4.69) is 5.32 Å². The highest BCUT2D eigenvalue weighted by Crippen LogP contribution is 2.16. The molecule has 18 heavy (non-hydrogen) atoms. The van der Waals surface area contributed by atoms with Gasteiger partial charge in [0.05, 0.1) is 6.61 Å². The Kier molecular flexibility index (Phi) is 7.27. The van der Waals surface area contributed by atoms with Gasteiger partial charge in [-0.25, -0.2) is 0 Å². The summed E-state index contributed by atoms with van der Waals surface area (Å²) in [6.07, 6.45) is -0.102. The van der Waals surface area contributed by atoms with E-state index < -0.39 is 17.3 Å². The van der Waals surface area contributed by atoms with Gasteiger partial charge in [-0.2, -0.15) is 0 Å². The van der Waals surface area contributed by atoms with Crippen LogP contribution in [0.3, 0.4) is 0 Å². The molecule has 106 valence electrons. The number of carboxylic acid groups (broad SMARTS) is 1. The molecule has 7 heteroatoms. The lowest BCUT2D eigenvalue weighted by Crippen LogP contribution is -2.42. The van der Waals surface area contributed by atoms with E-state index in [1.165, 1.54) is 0 Å². The summed E-state index contributed by atoms with van der Waals surface area (Å²) in [4.78, 5) is 22.6. The molecule has 0 spiro atoms. The molecular weight excluding hydrogens is 256 g/mol. The summed E-state index contributed by atoms with van der Waals surface area (Å²) in [6.45, 7) is 5.29.